The molecule has 0 bridgehead atoms. The third kappa shape index (κ3) is 8.40. The molecule has 4 unspecified atom stereocenters. The molecule has 302 valence electrons. The average molecular weight is 805 g/mol. The van der Waals surface area contributed by atoms with Crippen LogP contribution in [0.1, 0.15) is 51.0 Å². The van der Waals surface area contributed by atoms with Crippen LogP contribution in [0.4, 0.5) is 74.6 Å². The Labute approximate surface area is 288 Å². The van der Waals surface area contributed by atoms with Gasteiger partial charge in [-0.3, -0.25) is 9.59 Å². The fourth-order valence-corrected chi connectivity index (χ4v) is 5.16. The van der Waals surface area contributed by atoms with Gasteiger partial charge in [-0.2, -0.15) is 74.6 Å². The average Bonchev–Trinajstić information content (AvgIpc) is 3.03. The largest absolute Gasteiger partial charge is 0.481 e. The molecule has 22 heteroatoms. The normalized spacial score (nSPS) is 16.6. The Balaban J connectivity index is 2.17. The first-order valence-electron chi connectivity index (χ1n) is 15.0. The summed E-state index contributed by atoms with van der Waals surface area (Å²) in [4.78, 5) is 24.4. The first-order chi connectivity index (χ1) is 23.7. The van der Waals surface area contributed by atoms with Crippen LogP contribution in [0.5, 0.6) is 0 Å². The zero-order valence-corrected chi connectivity index (χ0v) is 26.9. The van der Waals surface area contributed by atoms with Crippen molar-refractivity contribution in [3.63, 3.8) is 0 Å². The van der Waals surface area contributed by atoms with Gasteiger partial charge in [-0.05, 0) is 41.5 Å². The van der Waals surface area contributed by atoms with Gasteiger partial charge in [0.2, 0.25) is 0 Å². The third-order valence-corrected chi connectivity index (χ3v) is 8.39. The van der Waals surface area contributed by atoms with Crippen LogP contribution in [-0.4, -0.2) is 82.5 Å². The third-order valence-electron chi connectivity index (χ3n) is 8.39. The maximum absolute atomic E-state index is 14.2. The van der Waals surface area contributed by atoms with Crippen molar-refractivity contribution in [1.29, 1.82) is 0 Å². The molecule has 0 saturated carbocycles. The molecule has 5 nitrogen and oxygen atoms in total. The summed E-state index contributed by atoms with van der Waals surface area (Å²) in [5.74, 6) is -63.9. The SMILES string of the molecule is CCC(CC(CC(C)C(=O)OCC(O)CC(F)(F)C(F)(F)C(F)(F)C(F)(F)C(F)(F)C(F)(F)C(F)(F)C(F)(F)F)C(=O)O)c1ccc2ccccc2c1. The number of hydrogen-bond donors (Lipinski definition) is 2. The van der Waals surface area contributed by atoms with Gasteiger partial charge in [-0.15, -0.1) is 0 Å². The van der Waals surface area contributed by atoms with Crippen LogP contribution in [0, 0.1) is 11.8 Å². The molecule has 0 saturated heterocycles. The highest BCUT2D eigenvalue weighted by molar-refractivity contribution is 5.83. The van der Waals surface area contributed by atoms with E-state index in [4.69, 9.17) is 0 Å². The van der Waals surface area contributed by atoms with Gasteiger partial charge >= 0.3 is 59.6 Å². The molecule has 0 fully saturated rings. The van der Waals surface area contributed by atoms with Crippen LogP contribution in [0.2, 0.25) is 0 Å². The molecule has 0 aliphatic rings. The van der Waals surface area contributed by atoms with E-state index < -0.39 is 97.0 Å². The second kappa shape index (κ2) is 15.3. The quantitative estimate of drug-likeness (QED) is 0.116. The highest BCUT2D eigenvalue weighted by Crippen LogP contribution is 2.64. The van der Waals surface area contributed by atoms with Crippen molar-refractivity contribution in [3.8, 4) is 0 Å². The predicted octanol–water partition coefficient (Wildman–Crippen LogP) is 9.75. The molecule has 2 N–H and O–H groups in total. The first-order valence-corrected chi connectivity index (χ1v) is 15.0. The molecule has 0 aromatic heterocycles. The number of ether oxygens (including phenoxy) is 1. The number of aliphatic hydroxyl groups is 1. The van der Waals surface area contributed by atoms with Gasteiger partial charge < -0.3 is 14.9 Å². The van der Waals surface area contributed by atoms with E-state index >= 15 is 0 Å². The van der Waals surface area contributed by atoms with Crippen LogP contribution in [0.3, 0.4) is 0 Å². The molecule has 0 heterocycles. The number of halogens is 17. The Hall–Kier alpha value is -3.59. The van der Waals surface area contributed by atoms with Gasteiger partial charge in [0.15, 0.2) is 0 Å². The second-order valence-electron chi connectivity index (χ2n) is 12.3. The molecule has 0 amide bonds. The molecule has 0 aliphatic heterocycles. The lowest BCUT2D eigenvalue weighted by molar-refractivity contribution is -0.462. The van der Waals surface area contributed by atoms with Crippen LogP contribution < -0.4 is 0 Å². The van der Waals surface area contributed by atoms with Gasteiger partial charge in [0, 0.05) is 6.42 Å². The number of benzene rings is 2. The molecule has 0 spiro atoms. The maximum Gasteiger partial charge on any atom is 0.460 e. The van der Waals surface area contributed by atoms with Crippen molar-refractivity contribution >= 4 is 22.7 Å². The van der Waals surface area contributed by atoms with Crippen LogP contribution >= 0.6 is 0 Å². The number of esters is 1. The highest BCUT2D eigenvalue weighted by Gasteiger charge is 2.95. The van der Waals surface area contributed by atoms with Crippen molar-refractivity contribution in [2.45, 2.75) is 99.2 Å². The molecule has 2 aromatic rings. The summed E-state index contributed by atoms with van der Waals surface area (Å²) in [5, 5.41) is 21.1. The summed E-state index contributed by atoms with van der Waals surface area (Å²) >= 11 is 0. The molecule has 2 aromatic carbocycles. The van der Waals surface area contributed by atoms with Crippen molar-refractivity contribution in [1.82, 2.24) is 0 Å². The summed E-state index contributed by atoms with van der Waals surface area (Å²) in [7, 11) is 0. The minimum Gasteiger partial charge on any atom is -0.481 e. The number of hydrogen-bond acceptors (Lipinski definition) is 4. The van der Waals surface area contributed by atoms with E-state index in [1.165, 1.54) is 0 Å². The van der Waals surface area contributed by atoms with Gasteiger partial charge in [-0.1, -0.05) is 56.3 Å². The van der Waals surface area contributed by atoms with Crippen LogP contribution in [0.25, 0.3) is 10.8 Å². The predicted molar refractivity (Wildman–Crippen MR) is 149 cm³/mol. The van der Waals surface area contributed by atoms with E-state index in [0.29, 0.717) is 6.42 Å². The lowest BCUT2D eigenvalue weighted by Gasteiger charge is -2.43. The van der Waals surface area contributed by atoms with E-state index in [1.807, 2.05) is 12.1 Å². The summed E-state index contributed by atoms with van der Waals surface area (Å²) in [6.07, 6.45) is -14.5. The zero-order valence-electron chi connectivity index (χ0n) is 26.9. The van der Waals surface area contributed by atoms with Crippen molar-refractivity contribution in [2.24, 2.45) is 11.8 Å². The Morgan fingerprint density at radius 2 is 1.15 bits per heavy atom. The van der Waals surface area contributed by atoms with Crippen LogP contribution in [0.15, 0.2) is 42.5 Å². The Kier molecular flexibility index (Phi) is 13.1. The minimum absolute atomic E-state index is 0.0661. The van der Waals surface area contributed by atoms with Gasteiger partial charge in [0.05, 0.1) is 17.9 Å². The number of alkyl halides is 17. The summed E-state index contributed by atoms with van der Waals surface area (Å²) < 4.78 is 233. The van der Waals surface area contributed by atoms with Gasteiger partial charge in [0.1, 0.15) is 6.61 Å². The second-order valence-corrected chi connectivity index (χ2v) is 12.3. The number of fused-ring (bicyclic) bond motifs is 1. The van der Waals surface area contributed by atoms with E-state index in [9.17, 15) is 94.4 Å². The summed E-state index contributed by atoms with van der Waals surface area (Å²) in [5.41, 5.74) is 0.730. The molecule has 4 atom stereocenters. The molecule has 53 heavy (non-hydrogen) atoms. The monoisotopic (exact) mass is 804 g/mol. The number of carboxylic acid groups (broad SMARTS) is 1. The number of carbonyl (C=O) groups is 2. The topological polar surface area (TPSA) is 83.8 Å². The van der Waals surface area contributed by atoms with E-state index in [2.05, 4.69) is 4.74 Å². The highest BCUT2D eigenvalue weighted by atomic mass is 19.4. The molecular weight excluding hydrogens is 775 g/mol. The van der Waals surface area contributed by atoms with E-state index in [1.54, 1.807) is 37.3 Å². The standard InChI is InChI=1S/C31H29F17O5/c1-3-16(19-9-8-17-6-4-5-7-18(17)12-19)11-20(22(50)51)10-15(2)23(52)53-14-21(49)13-24(32,33)25(34,35)26(36,37)27(38,39)28(40,41)29(42,43)30(44,45)31(46,47)48/h4-9,12,15-16,20-21,49H,3,10-11,13-14H2,1-2H3,(H,50,51). The minimum atomic E-state index is -8.78. The lowest BCUT2D eigenvalue weighted by Crippen LogP contribution is -2.74. The number of carbonyl (C=O) groups excluding carboxylic acids is 1. The summed E-state index contributed by atoms with van der Waals surface area (Å²) in [6.45, 7) is 0.919. The smallest absolute Gasteiger partial charge is 0.460 e. The number of aliphatic hydroxyl groups excluding tert-OH is 1. The van der Waals surface area contributed by atoms with Crippen molar-refractivity contribution in [2.75, 3.05) is 6.61 Å². The molecule has 0 aliphatic carbocycles. The van der Waals surface area contributed by atoms with Crippen molar-refractivity contribution in [3.05, 3.63) is 48.0 Å². The Bertz CT molecular complexity index is 1590. The molecule has 0 radical (unpaired) electrons. The molecular formula is C31H29F17O5. The maximum atomic E-state index is 14.2. The fourth-order valence-electron chi connectivity index (χ4n) is 5.16. The zero-order chi connectivity index (χ0) is 41.4. The van der Waals surface area contributed by atoms with Crippen LogP contribution in [-0.2, 0) is 14.3 Å². The number of carboxylic acids is 1. The Morgan fingerprint density at radius 3 is 1.62 bits per heavy atom. The number of aliphatic carboxylic acids is 1. The van der Waals surface area contributed by atoms with E-state index in [-0.39, 0.29) is 12.3 Å². The van der Waals surface area contributed by atoms with E-state index in [0.717, 1.165) is 23.3 Å². The van der Waals surface area contributed by atoms with Crippen molar-refractivity contribution < 1.29 is 99.2 Å². The fraction of sp³-hybridized carbons (Fsp3) is 0.613. The molecule has 2 rings (SSSR count). The first kappa shape index (κ1) is 45.6. The summed E-state index contributed by atoms with van der Waals surface area (Å²) in [6, 6.07) is 12.5. The Morgan fingerprint density at radius 1 is 0.679 bits per heavy atom. The van der Waals surface area contributed by atoms with Gasteiger partial charge in [-0.25, -0.2) is 0 Å². The lowest BCUT2D eigenvalue weighted by atomic mass is 9.82. The number of rotatable bonds is 18. The van der Waals surface area contributed by atoms with Gasteiger partial charge in [0.25, 0.3) is 0 Å².